The normalized spacial score (nSPS) is 11.6. The second kappa shape index (κ2) is 6.71. The van der Waals surface area contributed by atoms with Crippen molar-refractivity contribution in [2.24, 2.45) is 0 Å². The van der Waals surface area contributed by atoms with Crippen molar-refractivity contribution in [1.29, 1.82) is 0 Å². The van der Waals surface area contributed by atoms with Gasteiger partial charge in [0.05, 0.1) is 12.3 Å². The van der Waals surface area contributed by atoms with Crippen LogP contribution in [0.25, 0.3) is 0 Å². The maximum atomic E-state index is 12.3. The lowest BCUT2D eigenvalue weighted by Crippen LogP contribution is -2.40. The minimum atomic E-state index is -3.52. The van der Waals surface area contributed by atoms with Crippen LogP contribution in [-0.4, -0.2) is 50.7 Å². The van der Waals surface area contributed by atoms with Crippen molar-refractivity contribution < 1.29 is 13.2 Å². The molecule has 7 heteroatoms. The van der Waals surface area contributed by atoms with Gasteiger partial charge < -0.3 is 10.6 Å². The van der Waals surface area contributed by atoms with Crippen molar-refractivity contribution in [3.8, 4) is 0 Å². The summed E-state index contributed by atoms with van der Waals surface area (Å²) in [4.78, 5) is 13.0. The first-order chi connectivity index (χ1) is 9.26. The molecule has 0 saturated heterocycles. The summed E-state index contributed by atoms with van der Waals surface area (Å²) in [5.41, 5.74) is 6.80. The van der Waals surface area contributed by atoms with Crippen LogP contribution in [0.15, 0.2) is 24.3 Å². The molecular formula is C13H21N3O3S. The summed E-state index contributed by atoms with van der Waals surface area (Å²) < 4.78 is 25.8. The molecule has 0 atom stereocenters. The molecule has 0 radical (unpaired) electrons. The van der Waals surface area contributed by atoms with Crippen LogP contribution >= 0.6 is 0 Å². The Hall–Kier alpha value is -1.60. The number of nitrogens with zero attached hydrogens (tertiary/aromatic N) is 2. The predicted octanol–water partition coefficient (Wildman–Crippen LogP) is 0.509. The van der Waals surface area contributed by atoms with E-state index in [2.05, 4.69) is 0 Å². The van der Waals surface area contributed by atoms with Gasteiger partial charge in [-0.1, -0.05) is 19.1 Å². The van der Waals surface area contributed by atoms with Gasteiger partial charge in [-0.15, -0.1) is 0 Å². The monoisotopic (exact) mass is 299 g/mol. The number of hydrogen-bond acceptors (Lipinski definition) is 4. The molecule has 2 N–H and O–H groups in total. The zero-order valence-electron chi connectivity index (χ0n) is 12.0. The predicted molar refractivity (Wildman–Crippen MR) is 79.4 cm³/mol. The molecule has 0 unspecified atom stereocenters. The molecule has 0 bridgehead atoms. The number of nitrogen functional groups attached to an aromatic ring is 1. The second-order valence-corrected chi connectivity index (χ2v) is 6.68. The summed E-state index contributed by atoms with van der Waals surface area (Å²) in [6.45, 7) is 1.83. The van der Waals surface area contributed by atoms with Crippen LogP contribution in [-0.2, 0) is 20.6 Å². The lowest BCUT2D eigenvalue weighted by molar-refractivity contribution is -0.128. The Labute approximate surface area is 120 Å². The fraction of sp³-hybridized carbons (Fsp3) is 0.462. The van der Waals surface area contributed by atoms with E-state index >= 15 is 0 Å². The first-order valence-corrected chi connectivity index (χ1v) is 7.89. The molecule has 1 aromatic rings. The van der Waals surface area contributed by atoms with E-state index in [4.69, 9.17) is 5.73 Å². The van der Waals surface area contributed by atoms with Gasteiger partial charge in [-0.3, -0.25) is 4.79 Å². The SMILES string of the molecule is CCN(CC(=O)N(C)C)S(=O)(=O)Cc1ccc(N)cc1. The first kappa shape index (κ1) is 16.5. The number of nitrogens with two attached hydrogens (primary N) is 1. The Bertz CT molecular complexity index is 553. The van der Waals surface area contributed by atoms with Crippen LogP contribution in [0.1, 0.15) is 12.5 Å². The van der Waals surface area contributed by atoms with Gasteiger partial charge >= 0.3 is 0 Å². The molecule has 20 heavy (non-hydrogen) atoms. The maximum Gasteiger partial charge on any atom is 0.237 e. The van der Waals surface area contributed by atoms with E-state index in [0.29, 0.717) is 11.3 Å². The minimum absolute atomic E-state index is 0.137. The molecule has 0 fully saturated rings. The number of benzene rings is 1. The quantitative estimate of drug-likeness (QED) is 0.776. The Kier molecular flexibility index (Phi) is 5.52. The smallest absolute Gasteiger partial charge is 0.237 e. The number of anilines is 1. The van der Waals surface area contributed by atoms with Gasteiger partial charge in [0.25, 0.3) is 0 Å². The number of hydrogen-bond donors (Lipinski definition) is 1. The zero-order chi connectivity index (χ0) is 15.3. The average molecular weight is 299 g/mol. The lowest BCUT2D eigenvalue weighted by Gasteiger charge is -2.21. The summed E-state index contributed by atoms with van der Waals surface area (Å²) >= 11 is 0. The molecule has 0 aromatic heterocycles. The van der Waals surface area contributed by atoms with Gasteiger partial charge in [0.2, 0.25) is 15.9 Å². The third kappa shape index (κ3) is 4.50. The highest BCUT2D eigenvalue weighted by Gasteiger charge is 2.24. The number of sulfonamides is 1. The molecule has 0 saturated carbocycles. The van der Waals surface area contributed by atoms with E-state index in [9.17, 15) is 13.2 Å². The lowest BCUT2D eigenvalue weighted by atomic mass is 10.2. The van der Waals surface area contributed by atoms with Gasteiger partial charge in [-0.05, 0) is 17.7 Å². The third-order valence-corrected chi connectivity index (χ3v) is 4.76. The van der Waals surface area contributed by atoms with E-state index < -0.39 is 10.0 Å². The van der Waals surface area contributed by atoms with E-state index in [-0.39, 0.29) is 24.7 Å². The zero-order valence-corrected chi connectivity index (χ0v) is 12.9. The number of carbonyl (C=O) groups excluding carboxylic acids is 1. The molecule has 0 spiro atoms. The van der Waals surface area contributed by atoms with E-state index in [0.717, 1.165) is 0 Å². The van der Waals surface area contributed by atoms with Crippen LogP contribution in [0.4, 0.5) is 5.69 Å². The highest BCUT2D eigenvalue weighted by atomic mass is 32.2. The van der Waals surface area contributed by atoms with Crippen LogP contribution in [0, 0.1) is 0 Å². The van der Waals surface area contributed by atoms with Gasteiger partial charge in [-0.2, -0.15) is 4.31 Å². The molecule has 0 aliphatic carbocycles. The van der Waals surface area contributed by atoms with Crippen LogP contribution in [0.5, 0.6) is 0 Å². The van der Waals surface area contributed by atoms with E-state index in [1.807, 2.05) is 0 Å². The fourth-order valence-corrected chi connectivity index (χ4v) is 3.11. The fourth-order valence-electron chi connectivity index (χ4n) is 1.61. The number of rotatable bonds is 6. The molecule has 1 rings (SSSR count). The van der Waals surface area contributed by atoms with Crippen molar-refractivity contribution in [3.05, 3.63) is 29.8 Å². The van der Waals surface area contributed by atoms with Crippen LogP contribution in [0.3, 0.4) is 0 Å². The van der Waals surface area contributed by atoms with E-state index in [1.54, 1.807) is 45.3 Å². The number of likely N-dealkylation sites (N-methyl/N-ethyl adjacent to an activating group) is 2. The Morgan fingerprint density at radius 1 is 1.20 bits per heavy atom. The average Bonchev–Trinajstić information content (AvgIpc) is 2.37. The highest BCUT2D eigenvalue weighted by Crippen LogP contribution is 2.13. The first-order valence-electron chi connectivity index (χ1n) is 6.28. The molecule has 0 aliphatic rings. The largest absolute Gasteiger partial charge is 0.399 e. The molecule has 1 amide bonds. The second-order valence-electron chi connectivity index (χ2n) is 4.71. The summed E-state index contributed by atoms with van der Waals surface area (Å²) in [6.07, 6.45) is 0. The summed E-state index contributed by atoms with van der Waals surface area (Å²) in [6, 6.07) is 6.67. The number of carbonyl (C=O) groups is 1. The topological polar surface area (TPSA) is 83.7 Å². The molecular weight excluding hydrogens is 278 g/mol. The number of amides is 1. The Balaban J connectivity index is 2.84. The van der Waals surface area contributed by atoms with E-state index in [1.165, 1.54) is 9.21 Å². The van der Waals surface area contributed by atoms with Gasteiger partial charge in [0, 0.05) is 26.3 Å². The van der Waals surface area contributed by atoms with Crippen molar-refractivity contribution in [3.63, 3.8) is 0 Å². The summed E-state index contributed by atoms with van der Waals surface area (Å²) in [5, 5.41) is 0. The third-order valence-electron chi connectivity index (χ3n) is 2.89. The summed E-state index contributed by atoms with van der Waals surface area (Å²) in [7, 11) is -0.322. The van der Waals surface area contributed by atoms with Crippen molar-refractivity contribution >= 4 is 21.6 Å². The molecule has 1 aromatic carbocycles. The molecule has 6 nitrogen and oxygen atoms in total. The molecule has 112 valence electrons. The van der Waals surface area contributed by atoms with Crippen molar-refractivity contribution in [1.82, 2.24) is 9.21 Å². The molecule has 0 heterocycles. The van der Waals surface area contributed by atoms with Crippen LogP contribution in [0.2, 0.25) is 0 Å². The van der Waals surface area contributed by atoms with Gasteiger partial charge in [0.15, 0.2) is 0 Å². The van der Waals surface area contributed by atoms with Crippen molar-refractivity contribution in [2.75, 3.05) is 32.9 Å². The van der Waals surface area contributed by atoms with Crippen molar-refractivity contribution in [2.45, 2.75) is 12.7 Å². The Morgan fingerprint density at radius 2 is 1.75 bits per heavy atom. The van der Waals surface area contributed by atoms with Crippen LogP contribution < -0.4 is 5.73 Å². The standard InChI is InChI=1S/C13H21N3O3S/c1-4-16(9-13(17)15(2)3)20(18,19)10-11-5-7-12(14)8-6-11/h5-8H,4,9-10,14H2,1-3H3. The van der Waals surface area contributed by atoms with Gasteiger partial charge in [-0.25, -0.2) is 8.42 Å². The van der Waals surface area contributed by atoms with Gasteiger partial charge in [0.1, 0.15) is 0 Å². The Morgan fingerprint density at radius 3 is 2.20 bits per heavy atom. The maximum absolute atomic E-state index is 12.3. The molecule has 0 aliphatic heterocycles. The highest BCUT2D eigenvalue weighted by molar-refractivity contribution is 7.88. The summed E-state index contributed by atoms with van der Waals surface area (Å²) in [5.74, 6) is -0.380. The minimum Gasteiger partial charge on any atom is -0.399 e.